The molecule has 0 aliphatic carbocycles. The van der Waals surface area contributed by atoms with Crippen LogP contribution in [0.15, 0.2) is 28.7 Å². The van der Waals surface area contributed by atoms with Gasteiger partial charge >= 0.3 is 0 Å². The molecular weight excluding hydrogens is 223 g/mol. The molecule has 0 saturated carbocycles. The van der Waals surface area contributed by atoms with Gasteiger partial charge in [-0.05, 0) is 12.1 Å². The molecule has 3 nitrogen and oxygen atoms in total. The molecule has 1 N–H and O–H groups in total. The number of ether oxygens (including phenoxy) is 1. The maximum Gasteiger partial charge on any atom is 0.170 e. The van der Waals surface area contributed by atoms with Gasteiger partial charge in [-0.15, -0.1) is 0 Å². The average molecular weight is 238 g/mol. The average Bonchev–Trinajstić information content (AvgIpc) is 2.73. The van der Waals surface area contributed by atoms with Gasteiger partial charge in [0.05, 0.1) is 6.61 Å². The Labute approximate surface area is 98.8 Å². The van der Waals surface area contributed by atoms with Crippen LogP contribution in [0.5, 0.6) is 0 Å². The predicted molar refractivity (Wildman–Crippen MR) is 62.2 cm³/mol. The van der Waals surface area contributed by atoms with E-state index in [4.69, 9.17) is 9.15 Å². The minimum Gasteiger partial charge on any atom is -0.455 e. The second kappa shape index (κ2) is 4.85. The summed E-state index contributed by atoms with van der Waals surface area (Å²) in [4.78, 5) is 0. The van der Waals surface area contributed by atoms with E-state index in [9.17, 15) is 9.50 Å². The highest BCUT2D eigenvalue weighted by Crippen LogP contribution is 2.29. The Balaban J connectivity index is 2.33. The molecule has 1 aromatic heterocycles. The lowest BCUT2D eigenvalue weighted by Gasteiger charge is -2.15. The largest absolute Gasteiger partial charge is 0.455 e. The first-order valence-corrected chi connectivity index (χ1v) is 5.48. The Bertz CT molecular complexity index is 506. The molecule has 0 bridgehead atoms. The van der Waals surface area contributed by atoms with Crippen molar-refractivity contribution in [3.63, 3.8) is 0 Å². The van der Waals surface area contributed by atoms with Crippen molar-refractivity contribution in [3.05, 3.63) is 35.8 Å². The van der Waals surface area contributed by atoms with Crippen molar-refractivity contribution >= 4 is 11.0 Å². The van der Waals surface area contributed by atoms with Crippen LogP contribution in [0.1, 0.15) is 18.8 Å². The third kappa shape index (κ3) is 2.33. The Morgan fingerprint density at radius 2 is 2.24 bits per heavy atom. The van der Waals surface area contributed by atoms with Gasteiger partial charge in [-0.3, -0.25) is 0 Å². The molecule has 2 atom stereocenters. The molecule has 17 heavy (non-hydrogen) atoms. The summed E-state index contributed by atoms with van der Waals surface area (Å²) in [6, 6.07) is 6.36. The Kier molecular flexibility index (Phi) is 3.45. The van der Waals surface area contributed by atoms with Crippen molar-refractivity contribution in [2.75, 3.05) is 13.7 Å². The first kappa shape index (κ1) is 12.1. The van der Waals surface area contributed by atoms with Crippen LogP contribution in [-0.2, 0) is 4.74 Å². The van der Waals surface area contributed by atoms with Gasteiger partial charge in [0.2, 0.25) is 0 Å². The minimum atomic E-state index is -0.790. The molecule has 0 saturated heterocycles. The van der Waals surface area contributed by atoms with E-state index >= 15 is 0 Å². The number of halogens is 1. The van der Waals surface area contributed by atoms with Crippen LogP contribution in [0.25, 0.3) is 11.0 Å². The fraction of sp³-hybridized carbons (Fsp3) is 0.385. The van der Waals surface area contributed by atoms with E-state index in [1.807, 2.05) is 6.92 Å². The first-order valence-electron chi connectivity index (χ1n) is 5.48. The summed E-state index contributed by atoms with van der Waals surface area (Å²) >= 11 is 0. The van der Waals surface area contributed by atoms with Crippen molar-refractivity contribution in [1.29, 1.82) is 0 Å². The highest BCUT2D eigenvalue weighted by atomic mass is 19.1. The van der Waals surface area contributed by atoms with Gasteiger partial charge in [0.15, 0.2) is 11.4 Å². The van der Waals surface area contributed by atoms with Crippen LogP contribution in [0.3, 0.4) is 0 Å². The van der Waals surface area contributed by atoms with Gasteiger partial charge in [0.25, 0.3) is 0 Å². The molecule has 4 heteroatoms. The lowest BCUT2D eigenvalue weighted by molar-refractivity contribution is 0.0439. The van der Waals surface area contributed by atoms with E-state index in [-0.39, 0.29) is 11.5 Å². The monoisotopic (exact) mass is 238 g/mol. The number of hydrogen-bond donors (Lipinski definition) is 1. The summed E-state index contributed by atoms with van der Waals surface area (Å²) in [6.45, 7) is 2.26. The number of methoxy groups -OCH3 is 1. The molecule has 2 rings (SSSR count). The predicted octanol–water partition coefficient (Wildman–Crippen LogP) is 2.89. The summed E-state index contributed by atoms with van der Waals surface area (Å²) in [5.74, 6) is -0.154. The number of furan rings is 1. The van der Waals surface area contributed by atoms with Crippen LogP contribution in [0.4, 0.5) is 4.39 Å². The molecule has 2 aromatic rings. The highest BCUT2D eigenvalue weighted by molar-refractivity contribution is 5.78. The topological polar surface area (TPSA) is 42.6 Å². The summed E-state index contributed by atoms with van der Waals surface area (Å²) in [5, 5.41) is 10.7. The molecule has 2 unspecified atom stereocenters. The smallest absolute Gasteiger partial charge is 0.170 e. The van der Waals surface area contributed by atoms with Crippen molar-refractivity contribution in [2.24, 2.45) is 5.92 Å². The zero-order valence-corrected chi connectivity index (χ0v) is 9.81. The molecule has 0 spiro atoms. The lowest BCUT2D eigenvalue weighted by Crippen LogP contribution is -2.13. The van der Waals surface area contributed by atoms with E-state index < -0.39 is 11.9 Å². The van der Waals surface area contributed by atoms with Crippen LogP contribution in [0.2, 0.25) is 0 Å². The van der Waals surface area contributed by atoms with Crippen LogP contribution in [-0.4, -0.2) is 18.8 Å². The third-order valence-corrected chi connectivity index (χ3v) is 2.78. The molecular formula is C13H15FO3. The maximum absolute atomic E-state index is 13.4. The maximum atomic E-state index is 13.4. The van der Waals surface area contributed by atoms with Crippen LogP contribution in [0, 0.1) is 11.7 Å². The van der Waals surface area contributed by atoms with Crippen molar-refractivity contribution in [3.8, 4) is 0 Å². The number of hydrogen-bond acceptors (Lipinski definition) is 3. The summed E-state index contributed by atoms with van der Waals surface area (Å²) in [5.41, 5.74) is 0.186. The summed E-state index contributed by atoms with van der Waals surface area (Å²) in [7, 11) is 1.57. The number of rotatable bonds is 4. The molecule has 0 aliphatic rings. The van der Waals surface area contributed by atoms with Crippen LogP contribution >= 0.6 is 0 Å². The van der Waals surface area contributed by atoms with Gasteiger partial charge < -0.3 is 14.3 Å². The standard InChI is InChI=1S/C13H15FO3/c1-8(7-16-2)12(15)11-6-9-4-3-5-10(14)13(9)17-11/h3-6,8,12,15H,7H2,1-2H3. The third-order valence-electron chi connectivity index (χ3n) is 2.78. The number of benzene rings is 1. The van der Waals surface area contributed by atoms with Gasteiger partial charge in [0.1, 0.15) is 11.9 Å². The van der Waals surface area contributed by atoms with E-state index in [2.05, 4.69) is 0 Å². The normalized spacial score (nSPS) is 15.1. The summed E-state index contributed by atoms with van der Waals surface area (Å²) < 4.78 is 23.7. The van der Waals surface area contributed by atoms with E-state index in [1.165, 1.54) is 6.07 Å². The van der Waals surface area contributed by atoms with E-state index in [0.717, 1.165) is 0 Å². The molecule has 0 aliphatic heterocycles. The number of fused-ring (bicyclic) bond motifs is 1. The molecule has 1 heterocycles. The van der Waals surface area contributed by atoms with Crippen molar-refractivity contribution < 1.29 is 18.7 Å². The minimum absolute atomic E-state index is 0.108. The number of para-hydroxylation sites is 1. The molecule has 0 fully saturated rings. The van der Waals surface area contributed by atoms with Gasteiger partial charge in [-0.2, -0.15) is 0 Å². The fourth-order valence-electron chi connectivity index (χ4n) is 1.83. The highest BCUT2D eigenvalue weighted by Gasteiger charge is 2.21. The molecule has 0 amide bonds. The first-order chi connectivity index (χ1) is 8.13. The van der Waals surface area contributed by atoms with Crippen molar-refractivity contribution in [2.45, 2.75) is 13.0 Å². The fourth-order valence-corrected chi connectivity index (χ4v) is 1.83. The van der Waals surface area contributed by atoms with Crippen LogP contribution < -0.4 is 0 Å². The quantitative estimate of drug-likeness (QED) is 0.890. The van der Waals surface area contributed by atoms with Gasteiger partial charge in [-0.25, -0.2) is 4.39 Å². The van der Waals surface area contributed by atoms with Gasteiger partial charge in [-0.1, -0.05) is 19.1 Å². The Morgan fingerprint density at radius 1 is 1.47 bits per heavy atom. The SMILES string of the molecule is COCC(C)C(O)c1cc2cccc(F)c2o1. The second-order valence-corrected chi connectivity index (χ2v) is 4.18. The molecule has 0 radical (unpaired) electrons. The zero-order valence-electron chi connectivity index (χ0n) is 9.81. The Morgan fingerprint density at radius 3 is 2.88 bits per heavy atom. The number of aliphatic hydroxyl groups excluding tert-OH is 1. The van der Waals surface area contributed by atoms with Crippen molar-refractivity contribution in [1.82, 2.24) is 0 Å². The van der Waals surface area contributed by atoms with E-state index in [0.29, 0.717) is 17.8 Å². The Hall–Kier alpha value is -1.39. The van der Waals surface area contributed by atoms with Gasteiger partial charge in [0, 0.05) is 18.4 Å². The second-order valence-electron chi connectivity index (χ2n) is 4.18. The summed E-state index contributed by atoms with van der Waals surface area (Å²) in [6.07, 6.45) is -0.790. The number of aliphatic hydroxyl groups is 1. The molecule has 92 valence electrons. The molecule has 1 aromatic carbocycles. The zero-order chi connectivity index (χ0) is 12.4. The van der Waals surface area contributed by atoms with E-state index in [1.54, 1.807) is 25.3 Å². The lowest BCUT2D eigenvalue weighted by atomic mass is 10.0.